The van der Waals surface area contributed by atoms with Gasteiger partial charge in [-0.1, -0.05) is 67.2 Å². The number of rotatable bonds is 8. The van der Waals surface area contributed by atoms with Crippen LogP contribution in [0.2, 0.25) is 10.0 Å². The molecule has 0 unspecified atom stereocenters. The number of aromatic nitrogens is 2. The van der Waals surface area contributed by atoms with Gasteiger partial charge in [0.25, 0.3) is 5.91 Å². The lowest BCUT2D eigenvalue weighted by molar-refractivity contribution is 0.0985. The van der Waals surface area contributed by atoms with Gasteiger partial charge in [-0.25, -0.2) is 23.1 Å². The summed E-state index contributed by atoms with van der Waals surface area (Å²) >= 11 is 14.1. The van der Waals surface area contributed by atoms with Gasteiger partial charge < -0.3 is 10.2 Å². The molecule has 0 atom stereocenters. The van der Waals surface area contributed by atoms with Crippen molar-refractivity contribution < 1.29 is 13.2 Å². The van der Waals surface area contributed by atoms with Crippen LogP contribution < -0.4 is 19.8 Å². The van der Waals surface area contributed by atoms with Gasteiger partial charge in [0.15, 0.2) is 0 Å². The van der Waals surface area contributed by atoms with E-state index in [-0.39, 0.29) is 28.7 Å². The molecule has 2 N–H and O–H groups in total. The van der Waals surface area contributed by atoms with Gasteiger partial charge >= 0.3 is 0 Å². The van der Waals surface area contributed by atoms with Crippen molar-refractivity contribution in [3.63, 3.8) is 0 Å². The molecule has 0 spiro atoms. The highest BCUT2D eigenvalue weighted by Gasteiger charge is 2.32. The topological polar surface area (TPSA) is 108 Å². The van der Waals surface area contributed by atoms with Crippen LogP contribution in [0.15, 0.2) is 52.5 Å². The minimum absolute atomic E-state index is 0.0425. The molecular formula is C30H34Cl2N6O3S2. The molecule has 3 aliphatic rings. The van der Waals surface area contributed by atoms with Crippen LogP contribution in [-0.4, -0.2) is 49.3 Å². The van der Waals surface area contributed by atoms with Crippen LogP contribution in [0, 0.1) is 5.92 Å². The molecule has 13 heteroatoms. The van der Waals surface area contributed by atoms with Crippen molar-refractivity contribution in [1.29, 1.82) is 0 Å². The number of nitrogens with one attached hydrogen (secondary N) is 2. The van der Waals surface area contributed by atoms with E-state index in [0.717, 1.165) is 63.7 Å². The molecule has 1 amide bonds. The molecule has 228 valence electrons. The molecule has 1 aromatic heterocycles. The minimum atomic E-state index is -3.77. The molecule has 3 heterocycles. The largest absolute Gasteiger partial charge is 0.370 e. The monoisotopic (exact) mass is 660 g/mol. The average molecular weight is 662 g/mol. The number of nitrogens with zero attached hydrogens (tertiary/aromatic N) is 4. The summed E-state index contributed by atoms with van der Waals surface area (Å²) in [6.07, 6.45) is 8.49. The molecule has 2 aliphatic heterocycles. The highest BCUT2D eigenvalue weighted by molar-refractivity contribution is 7.99. The molecule has 1 saturated heterocycles. The van der Waals surface area contributed by atoms with Crippen LogP contribution in [0.1, 0.15) is 62.2 Å². The number of carbonyl (C=O) groups is 1. The van der Waals surface area contributed by atoms with Crippen molar-refractivity contribution in [2.24, 2.45) is 5.92 Å². The summed E-state index contributed by atoms with van der Waals surface area (Å²) < 4.78 is 30.4. The van der Waals surface area contributed by atoms with Crippen LogP contribution in [0.3, 0.4) is 0 Å². The standard InChI is InChI=1S/C30H34Cl2N6O3S2/c1-2-19-12-14-37(15-13-19)25-11-10-21(16-26(25)43(40,41)36-20-6-3-4-7-20)34-30-33-17-22-28(35-30)42-18-38(29(22)39)27-23(31)8-5-9-24(27)32/h5,8-11,16-17,19-20,36H,2-4,6-7,12-15,18H2,1H3,(H,33,34,35). The Hall–Kier alpha value is -2.57. The maximum atomic E-state index is 13.7. The van der Waals surface area contributed by atoms with E-state index in [4.69, 9.17) is 23.2 Å². The number of benzene rings is 2. The third-order valence-corrected chi connectivity index (χ3v) is 11.6. The summed E-state index contributed by atoms with van der Waals surface area (Å²) in [5.74, 6) is 0.933. The van der Waals surface area contributed by atoms with Gasteiger partial charge in [-0.2, -0.15) is 0 Å². The fourth-order valence-corrected chi connectivity index (χ4v) is 9.13. The van der Waals surface area contributed by atoms with Gasteiger partial charge in [-0.3, -0.25) is 9.69 Å². The molecule has 9 nitrogen and oxygen atoms in total. The predicted molar refractivity (Wildman–Crippen MR) is 174 cm³/mol. The number of hydrogen-bond acceptors (Lipinski definition) is 8. The van der Waals surface area contributed by atoms with Crippen LogP contribution in [-0.2, 0) is 10.0 Å². The first-order valence-corrected chi connectivity index (χ1v) is 17.9. The first kappa shape index (κ1) is 30.5. The highest BCUT2D eigenvalue weighted by Crippen LogP contribution is 2.40. The van der Waals surface area contributed by atoms with Gasteiger partial charge in [0.2, 0.25) is 16.0 Å². The number of amides is 1. The van der Waals surface area contributed by atoms with E-state index in [1.54, 1.807) is 24.3 Å². The van der Waals surface area contributed by atoms with Crippen LogP contribution in [0.4, 0.5) is 23.0 Å². The fraction of sp³-hybridized carbons (Fsp3) is 0.433. The fourth-order valence-electron chi connectivity index (χ4n) is 6.03. The summed E-state index contributed by atoms with van der Waals surface area (Å²) in [7, 11) is -3.77. The first-order chi connectivity index (χ1) is 20.7. The number of para-hydroxylation sites is 1. The van der Waals surface area contributed by atoms with Crippen molar-refractivity contribution in [3.8, 4) is 0 Å². The Morgan fingerprint density at radius 1 is 1.05 bits per heavy atom. The lowest BCUT2D eigenvalue weighted by Gasteiger charge is -2.34. The van der Waals surface area contributed by atoms with E-state index >= 15 is 0 Å². The lowest BCUT2D eigenvalue weighted by Crippen LogP contribution is -2.37. The second-order valence-corrected chi connectivity index (χ2v) is 14.7. The molecular weight excluding hydrogens is 627 g/mol. The highest BCUT2D eigenvalue weighted by atomic mass is 35.5. The smallest absolute Gasteiger partial charge is 0.263 e. The van der Waals surface area contributed by atoms with Crippen molar-refractivity contribution in [2.45, 2.75) is 67.8 Å². The van der Waals surface area contributed by atoms with Gasteiger partial charge in [-0.15, -0.1) is 0 Å². The zero-order chi connectivity index (χ0) is 30.1. The molecule has 1 aliphatic carbocycles. The summed E-state index contributed by atoms with van der Waals surface area (Å²) in [5.41, 5.74) is 2.06. The van der Waals surface area contributed by atoms with Crippen LogP contribution in [0.5, 0.6) is 0 Å². The maximum Gasteiger partial charge on any atom is 0.263 e. The summed E-state index contributed by atoms with van der Waals surface area (Å²) in [6, 6.07) is 10.5. The Morgan fingerprint density at radius 3 is 2.47 bits per heavy atom. The number of hydrogen-bond donors (Lipinski definition) is 2. The Balaban J connectivity index is 1.26. The van der Waals surface area contributed by atoms with E-state index in [9.17, 15) is 13.2 Å². The number of carbonyl (C=O) groups excluding carboxylic acids is 1. The molecule has 3 aromatic rings. The summed E-state index contributed by atoms with van der Waals surface area (Å²) in [5, 5.41) is 4.46. The quantitative estimate of drug-likeness (QED) is 0.247. The van der Waals surface area contributed by atoms with Crippen molar-refractivity contribution >= 4 is 73.9 Å². The average Bonchev–Trinajstić information content (AvgIpc) is 3.50. The number of anilines is 4. The number of halogens is 2. The second-order valence-electron chi connectivity index (χ2n) is 11.2. The van der Waals surface area contributed by atoms with Crippen LogP contribution >= 0.6 is 35.0 Å². The normalized spacial score (nSPS) is 18.3. The number of sulfonamides is 1. The first-order valence-electron chi connectivity index (χ1n) is 14.7. The Morgan fingerprint density at radius 2 is 1.77 bits per heavy atom. The van der Waals surface area contributed by atoms with E-state index in [2.05, 4.69) is 31.8 Å². The third-order valence-electron chi connectivity index (χ3n) is 8.48. The van der Waals surface area contributed by atoms with E-state index in [1.165, 1.54) is 22.9 Å². The third kappa shape index (κ3) is 6.47. The van der Waals surface area contributed by atoms with Gasteiger partial charge in [0.1, 0.15) is 9.92 Å². The van der Waals surface area contributed by atoms with E-state index in [0.29, 0.717) is 37.9 Å². The van der Waals surface area contributed by atoms with Gasteiger partial charge in [0.05, 0.1) is 32.9 Å². The number of piperidine rings is 1. The number of fused-ring (bicyclic) bond motifs is 1. The minimum Gasteiger partial charge on any atom is -0.370 e. The Labute approximate surface area is 266 Å². The second kappa shape index (κ2) is 12.8. The maximum absolute atomic E-state index is 13.7. The summed E-state index contributed by atoms with van der Waals surface area (Å²) in [4.78, 5) is 26.3. The Kier molecular flexibility index (Phi) is 9.07. The zero-order valence-corrected chi connectivity index (χ0v) is 27.0. The van der Waals surface area contributed by atoms with E-state index in [1.807, 2.05) is 12.1 Å². The number of thioether (sulfide) groups is 1. The van der Waals surface area contributed by atoms with E-state index < -0.39 is 10.0 Å². The molecule has 2 aromatic carbocycles. The summed E-state index contributed by atoms with van der Waals surface area (Å²) in [6.45, 7) is 3.86. The van der Waals surface area contributed by atoms with Gasteiger partial charge in [-0.05, 0) is 61.9 Å². The molecule has 1 saturated carbocycles. The van der Waals surface area contributed by atoms with Crippen molar-refractivity contribution in [3.05, 3.63) is 58.2 Å². The SMILES string of the molecule is CCC1CCN(c2ccc(Nc3ncc4c(n3)SCN(c3c(Cl)cccc3Cl)C4=O)cc2S(=O)(=O)NC2CCCC2)CC1. The predicted octanol–water partition coefficient (Wildman–Crippen LogP) is 7.08. The molecule has 6 rings (SSSR count). The molecule has 43 heavy (non-hydrogen) atoms. The molecule has 0 radical (unpaired) electrons. The van der Waals surface area contributed by atoms with Crippen LogP contribution in [0.25, 0.3) is 0 Å². The zero-order valence-electron chi connectivity index (χ0n) is 23.9. The lowest BCUT2D eigenvalue weighted by atomic mass is 9.94. The molecule has 2 fully saturated rings. The van der Waals surface area contributed by atoms with Crippen molar-refractivity contribution in [2.75, 3.05) is 34.1 Å². The molecule has 0 bridgehead atoms. The van der Waals surface area contributed by atoms with Gasteiger partial charge in [0, 0.05) is 31.0 Å². The Bertz CT molecular complexity index is 1610. The van der Waals surface area contributed by atoms with Crippen molar-refractivity contribution in [1.82, 2.24) is 14.7 Å².